The zero-order valence-corrected chi connectivity index (χ0v) is 22.1. The Hall–Kier alpha value is -5.78. The lowest BCUT2D eigenvalue weighted by atomic mass is 9.99. The van der Waals surface area contributed by atoms with Crippen molar-refractivity contribution in [3.8, 4) is 5.88 Å². The second-order valence-electron chi connectivity index (χ2n) is 9.97. The molecule has 2 fully saturated rings. The summed E-state index contributed by atoms with van der Waals surface area (Å²) < 4.78 is 0. The number of aliphatic imine (C=N–C) groups is 1. The fourth-order valence-electron chi connectivity index (χ4n) is 5.07. The van der Waals surface area contributed by atoms with Gasteiger partial charge in [0.1, 0.15) is 5.70 Å². The number of rotatable bonds is 7. The summed E-state index contributed by atoms with van der Waals surface area (Å²) in [4.78, 5) is 55.9. The maximum absolute atomic E-state index is 12.1. The summed E-state index contributed by atoms with van der Waals surface area (Å²) in [6.07, 6.45) is 2.93. The van der Waals surface area contributed by atoms with Crippen LogP contribution in [-0.4, -0.2) is 50.0 Å². The first kappa shape index (κ1) is 26.4. The van der Waals surface area contributed by atoms with Crippen LogP contribution in [0.2, 0.25) is 0 Å². The fourth-order valence-corrected chi connectivity index (χ4v) is 5.07. The van der Waals surface area contributed by atoms with Crippen LogP contribution in [0.25, 0.3) is 17.0 Å². The van der Waals surface area contributed by atoms with Gasteiger partial charge in [-0.3, -0.25) is 25.0 Å². The van der Waals surface area contributed by atoms with Gasteiger partial charge in [0.25, 0.3) is 11.6 Å². The topological polar surface area (TPSA) is 170 Å². The minimum atomic E-state index is -0.589. The molecule has 12 heteroatoms. The van der Waals surface area contributed by atoms with Crippen LogP contribution >= 0.6 is 0 Å². The van der Waals surface area contributed by atoms with E-state index in [0.29, 0.717) is 52.0 Å². The first-order chi connectivity index (χ1) is 20.2. The highest BCUT2D eigenvalue weighted by molar-refractivity contribution is 6.22. The van der Waals surface area contributed by atoms with E-state index < -0.39 is 16.9 Å². The number of benzene rings is 3. The Balaban J connectivity index is 1.41. The van der Waals surface area contributed by atoms with Gasteiger partial charge in [-0.1, -0.05) is 36.4 Å². The van der Waals surface area contributed by atoms with Crippen LogP contribution in [0.3, 0.4) is 0 Å². The molecule has 4 aromatic rings. The van der Waals surface area contributed by atoms with Crippen molar-refractivity contribution in [1.82, 2.24) is 20.5 Å². The molecule has 0 spiro atoms. The molecule has 12 nitrogen and oxygen atoms in total. The third-order valence-corrected chi connectivity index (χ3v) is 7.15. The number of fused-ring (bicyclic) bond motifs is 1. The molecule has 0 bridgehead atoms. The zero-order chi connectivity index (χ0) is 29.4. The number of aromatic nitrogens is 1. The number of nitro groups is 1. The van der Waals surface area contributed by atoms with Crippen molar-refractivity contribution in [2.45, 2.75) is 19.4 Å². The molecule has 4 N–H and O–H groups in total. The number of non-ortho nitro benzene ring substituents is 1. The monoisotopic (exact) mass is 564 g/mol. The van der Waals surface area contributed by atoms with Gasteiger partial charge < -0.3 is 20.3 Å². The van der Waals surface area contributed by atoms with Crippen LogP contribution < -0.4 is 10.6 Å². The molecule has 0 saturated carbocycles. The maximum Gasteiger partial charge on any atom is 0.326 e. The molecule has 2 aliphatic rings. The highest BCUT2D eigenvalue weighted by Gasteiger charge is 2.24. The summed E-state index contributed by atoms with van der Waals surface area (Å²) in [6.45, 7) is 1.21. The summed E-state index contributed by atoms with van der Waals surface area (Å²) in [6, 6.07) is 18.0. The normalized spacial score (nSPS) is 16.4. The van der Waals surface area contributed by atoms with Crippen LogP contribution in [0.4, 0.5) is 16.2 Å². The highest BCUT2D eigenvalue weighted by Crippen LogP contribution is 2.34. The van der Waals surface area contributed by atoms with Gasteiger partial charge in [-0.25, -0.2) is 9.79 Å². The Labute approximate surface area is 238 Å². The molecule has 210 valence electrons. The van der Waals surface area contributed by atoms with E-state index in [1.165, 1.54) is 24.3 Å². The van der Waals surface area contributed by atoms with E-state index in [1.807, 2.05) is 29.2 Å². The van der Waals surface area contributed by atoms with E-state index in [0.717, 1.165) is 18.5 Å². The smallest absolute Gasteiger partial charge is 0.326 e. The van der Waals surface area contributed by atoms with Crippen molar-refractivity contribution < 1.29 is 24.4 Å². The average Bonchev–Trinajstić information content (AvgIpc) is 3.63. The van der Waals surface area contributed by atoms with E-state index in [-0.39, 0.29) is 23.2 Å². The second kappa shape index (κ2) is 10.7. The number of urea groups is 1. The van der Waals surface area contributed by atoms with Gasteiger partial charge in [-0.15, -0.1) is 0 Å². The van der Waals surface area contributed by atoms with Gasteiger partial charge in [0, 0.05) is 48.1 Å². The van der Waals surface area contributed by atoms with E-state index in [9.17, 15) is 29.6 Å². The SMILES string of the molecule is O=C1NC(=O)/C(=C\c2ccc(N=C(c3ccc(CN4CCCC4=O)cc3)c3c(O)[nH]c4ccc([N+](=O)[O-])cc34)cc2)N1. The van der Waals surface area contributed by atoms with Gasteiger partial charge >= 0.3 is 6.03 Å². The van der Waals surface area contributed by atoms with Crippen molar-refractivity contribution in [1.29, 1.82) is 0 Å². The molecule has 2 saturated heterocycles. The Morgan fingerprint density at radius 2 is 1.79 bits per heavy atom. The van der Waals surface area contributed by atoms with Crippen LogP contribution in [0.1, 0.15) is 35.1 Å². The van der Waals surface area contributed by atoms with Crippen LogP contribution in [0.15, 0.2) is 77.4 Å². The third-order valence-electron chi connectivity index (χ3n) is 7.15. The first-order valence-electron chi connectivity index (χ1n) is 13.1. The second-order valence-corrected chi connectivity index (χ2v) is 9.97. The van der Waals surface area contributed by atoms with Gasteiger partial charge in [0.15, 0.2) is 5.88 Å². The number of H-pyrrole nitrogens is 1. The lowest BCUT2D eigenvalue weighted by Crippen LogP contribution is -2.23. The minimum Gasteiger partial charge on any atom is -0.494 e. The summed E-state index contributed by atoms with van der Waals surface area (Å²) in [5.41, 5.74) is 3.91. The molecule has 1 aromatic heterocycles. The Kier molecular flexibility index (Phi) is 6.71. The summed E-state index contributed by atoms with van der Waals surface area (Å²) in [7, 11) is 0. The maximum atomic E-state index is 12.1. The number of hydrogen-bond donors (Lipinski definition) is 4. The van der Waals surface area contributed by atoms with Crippen molar-refractivity contribution in [2.24, 2.45) is 4.99 Å². The number of amides is 4. The first-order valence-corrected chi connectivity index (χ1v) is 13.1. The van der Waals surface area contributed by atoms with Crippen molar-refractivity contribution in [3.05, 3.63) is 105 Å². The lowest BCUT2D eigenvalue weighted by Gasteiger charge is -2.16. The van der Waals surface area contributed by atoms with Gasteiger partial charge in [-0.2, -0.15) is 0 Å². The number of nitrogens with zero attached hydrogens (tertiary/aromatic N) is 3. The number of imide groups is 1. The number of carbonyl (C=O) groups excluding carboxylic acids is 3. The zero-order valence-electron chi connectivity index (χ0n) is 22.1. The van der Waals surface area contributed by atoms with Crippen LogP contribution in [-0.2, 0) is 16.1 Å². The van der Waals surface area contributed by atoms with Crippen LogP contribution in [0.5, 0.6) is 5.88 Å². The molecule has 0 atom stereocenters. The Morgan fingerprint density at radius 3 is 2.43 bits per heavy atom. The Morgan fingerprint density at radius 1 is 1.02 bits per heavy atom. The quantitative estimate of drug-likeness (QED) is 0.0859. The predicted octanol–water partition coefficient (Wildman–Crippen LogP) is 4.25. The largest absolute Gasteiger partial charge is 0.494 e. The summed E-state index contributed by atoms with van der Waals surface area (Å²) in [5, 5.41) is 27.5. The van der Waals surface area contributed by atoms with Crippen molar-refractivity contribution in [2.75, 3.05) is 6.54 Å². The number of nitrogens with one attached hydrogen (secondary N) is 3. The lowest BCUT2D eigenvalue weighted by molar-refractivity contribution is -0.384. The summed E-state index contributed by atoms with van der Waals surface area (Å²) >= 11 is 0. The average molecular weight is 565 g/mol. The third kappa shape index (κ3) is 5.20. The number of nitro benzene ring substituents is 1. The molecule has 3 heterocycles. The summed E-state index contributed by atoms with van der Waals surface area (Å²) in [5.74, 6) is -0.590. The van der Waals surface area contributed by atoms with E-state index >= 15 is 0 Å². The number of aromatic hydroxyl groups is 1. The number of likely N-dealkylation sites (tertiary alicyclic amines) is 1. The molecular weight excluding hydrogens is 540 g/mol. The number of hydrogen-bond acceptors (Lipinski definition) is 7. The standard InChI is InChI=1S/C30H24N6O6/c37-25-2-1-13-35(25)16-18-3-7-19(8-4-18)27(26-22-15-21(36(41)42)11-12-23(22)32-29(26)39)31-20-9-5-17(6-10-20)14-24-28(38)34-30(40)33-24/h3-12,14-15,32,39H,1-2,13,16H2,(H2,33,34,38,40)/b24-14+,31-27?. The van der Waals surface area contributed by atoms with Crippen molar-refractivity contribution >= 4 is 51.9 Å². The molecule has 4 amide bonds. The molecule has 0 radical (unpaired) electrons. The predicted molar refractivity (Wildman–Crippen MR) is 154 cm³/mol. The molecule has 42 heavy (non-hydrogen) atoms. The Bertz CT molecular complexity index is 1820. The molecule has 6 rings (SSSR count). The molecule has 0 unspecified atom stereocenters. The molecule has 0 aliphatic carbocycles. The van der Waals surface area contributed by atoms with Crippen molar-refractivity contribution in [3.63, 3.8) is 0 Å². The van der Waals surface area contributed by atoms with E-state index in [1.54, 1.807) is 24.3 Å². The minimum absolute atomic E-state index is 0.123. The molecule has 2 aliphatic heterocycles. The van der Waals surface area contributed by atoms with E-state index in [2.05, 4.69) is 15.6 Å². The molecular formula is C30H24N6O6. The van der Waals surface area contributed by atoms with Gasteiger partial charge in [0.2, 0.25) is 5.91 Å². The van der Waals surface area contributed by atoms with Gasteiger partial charge in [0.05, 0.1) is 21.9 Å². The van der Waals surface area contributed by atoms with E-state index in [4.69, 9.17) is 4.99 Å². The number of carbonyl (C=O) groups is 3. The molecule has 3 aromatic carbocycles. The van der Waals surface area contributed by atoms with Gasteiger partial charge in [-0.05, 0) is 41.8 Å². The fraction of sp³-hybridized carbons (Fsp3) is 0.133. The van der Waals surface area contributed by atoms with Crippen LogP contribution in [0, 0.1) is 10.1 Å². The number of aromatic amines is 1. The highest BCUT2D eigenvalue weighted by atomic mass is 16.6.